The lowest BCUT2D eigenvalue weighted by Gasteiger charge is -2.42. The number of hydrogen-bond donors (Lipinski definition) is 2. The average molecular weight is 532 g/mol. The second-order valence-electron chi connectivity index (χ2n) is 10.2. The molecule has 4 rings (SSSR count). The van der Waals surface area contributed by atoms with E-state index in [4.69, 9.17) is 9.47 Å². The highest BCUT2D eigenvalue weighted by atomic mass is 19.2. The summed E-state index contributed by atoms with van der Waals surface area (Å²) in [6, 6.07) is 7.54. The first-order valence-corrected chi connectivity index (χ1v) is 13.0. The first kappa shape index (κ1) is 28.0. The number of methoxy groups -OCH3 is 1. The van der Waals surface area contributed by atoms with E-state index in [1.807, 2.05) is 38.5 Å². The molecule has 1 aliphatic heterocycles. The van der Waals surface area contributed by atoms with Crippen LogP contribution >= 0.6 is 0 Å². The van der Waals surface area contributed by atoms with Crippen LogP contribution < -0.4 is 19.7 Å². The van der Waals surface area contributed by atoms with Gasteiger partial charge in [0, 0.05) is 38.0 Å². The maximum atomic E-state index is 13.5. The molecule has 1 fully saturated rings. The van der Waals surface area contributed by atoms with E-state index in [2.05, 4.69) is 15.2 Å². The van der Waals surface area contributed by atoms with Gasteiger partial charge in [-0.1, -0.05) is 0 Å². The number of rotatable bonds is 11. The highest BCUT2D eigenvalue weighted by Gasteiger charge is 2.38. The molecule has 0 radical (unpaired) electrons. The summed E-state index contributed by atoms with van der Waals surface area (Å²) in [5, 5.41) is 15.7. The van der Waals surface area contributed by atoms with Crippen LogP contribution in [0.2, 0.25) is 0 Å². The molecule has 206 valence electrons. The van der Waals surface area contributed by atoms with Gasteiger partial charge in [0.15, 0.2) is 17.5 Å². The minimum Gasteiger partial charge on any atom is -0.497 e. The number of pyridine rings is 1. The Morgan fingerprint density at radius 2 is 1.79 bits per heavy atom. The molecule has 2 N–H and O–H groups in total. The quantitative estimate of drug-likeness (QED) is 0.330. The molecule has 1 aromatic heterocycles. The van der Waals surface area contributed by atoms with E-state index in [0.717, 1.165) is 79.7 Å². The zero-order valence-electron chi connectivity index (χ0n) is 22.2. The second kappa shape index (κ2) is 12.2. The van der Waals surface area contributed by atoms with Crippen molar-refractivity contribution in [1.29, 1.82) is 0 Å². The van der Waals surface area contributed by atoms with E-state index in [-0.39, 0.29) is 17.8 Å². The van der Waals surface area contributed by atoms with Crippen LogP contribution in [0.15, 0.2) is 36.5 Å². The molecule has 0 spiro atoms. The highest BCUT2D eigenvalue weighted by Crippen LogP contribution is 2.40. The Hall–Kier alpha value is -3.04. The summed E-state index contributed by atoms with van der Waals surface area (Å²) in [5.41, 5.74) is 2.86. The third kappa shape index (κ3) is 6.15. The van der Waals surface area contributed by atoms with Crippen molar-refractivity contribution < 1.29 is 27.8 Å². The first-order valence-electron chi connectivity index (χ1n) is 13.0. The smallest absolute Gasteiger partial charge is 0.194 e. The number of fused-ring (bicyclic) bond motifs is 1. The molecule has 1 unspecified atom stereocenters. The number of hydrogen-bond acceptors (Lipinski definition) is 6. The minimum atomic E-state index is -1.52. The van der Waals surface area contributed by atoms with Crippen LogP contribution in [0.25, 0.3) is 10.9 Å². The molecule has 0 saturated carbocycles. The van der Waals surface area contributed by atoms with Crippen molar-refractivity contribution in [3.05, 3.63) is 59.5 Å². The Morgan fingerprint density at radius 3 is 2.45 bits per heavy atom. The van der Waals surface area contributed by atoms with E-state index in [0.29, 0.717) is 6.42 Å². The fraction of sp³-hybridized carbons (Fsp3) is 0.483. The van der Waals surface area contributed by atoms with Crippen molar-refractivity contribution in [2.24, 2.45) is 5.41 Å². The van der Waals surface area contributed by atoms with Crippen LogP contribution in [0.4, 0.5) is 18.9 Å². The van der Waals surface area contributed by atoms with Crippen LogP contribution in [-0.2, 0) is 6.42 Å². The third-order valence-electron chi connectivity index (χ3n) is 7.67. The maximum absolute atomic E-state index is 13.5. The summed E-state index contributed by atoms with van der Waals surface area (Å²) < 4.78 is 51.2. The predicted octanol–water partition coefficient (Wildman–Crippen LogP) is 5.25. The number of halogens is 3. The Morgan fingerprint density at radius 1 is 1.08 bits per heavy atom. The van der Waals surface area contributed by atoms with Crippen molar-refractivity contribution >= 4 is 16.6 Å². The molecule has 38 heavy (non-hydrogen) atoms. The molecule has 1 atom stereocenters. The number of anilines is 1. The molecule has 6 nitrogen and oxygen atoms in total. The van der Waals surface area contributed by atoms with E-state index in [1.165, 1.54) is 5.56 Å². The summed E-state index contributed by atoms with van der Waals surface area (Å²) in [4.78, 5) is 6.69. The number of aliphatic hydroxyl groups excluding tert-OH is 1. The molecule has 9 heteroatoms. The molecule has 0 amide bonds. The molecular formula is C29H36F3N3O3. The molecular weight excluding hydrogens is 495 g/mol. The molecule has 2 aromatic carbocycles. The van der Waals surface area contributed by atoms with Crippen LogP contribution in [0, 0.1) is 22.9 Å². The fourth-order valence-corrected chi connectivity index (χ4v) is 5.49. The van der Waals surface area contributed by atoms with Gasteiger partial charge in [-0.15, -0.1) is 0 Å². The Balaban J connectivity index is 1.46. The fourth-order valence-electron chi connectivity index (χ4n) is 5.49. The number of ether oxygens (including phenoxy) is 2. The number of aryl methyl sites for hydroxylation is 1. The van der Waals surface area contributed by atoms with Gasteiger partial charge in [0.2, 0.25) is 0 Å². The topological polar surface area (TPSA) is 66.9 Å². The summed E-state index contributed by atoms with van der Waals surface area (Å²) in [5.74, 6) is -3.43. The van der Waals surface area contributed by atoms with E-state index in [1.54, 1.807) is 7.11 Å². The van der Waals surface area contributed by atoms with Crippen molar-refractivity contribution in [3.63, 3.8) is 0 Å². The first-order chi connectivity index (χ1) is 18.2. The summed E-state index contributed by atoms with van der Waals surface area (Å²) in [6.07, 6.45) is 5.68. The lowest BCUT2D eigenvalue weighted by atomic mass is 9.69. The zero-order chi connectivity index (χ0) is 27.3. The average Bonchev–Trinajstić information content (AvgIpc) is 2.91. The molecule has 1 aliphatic rings. The van der Waals surface area contributed by atoms with Crippen LogP contribution in [0.1, 0.15) is 37.7 Å². The van der Waals surface area contributed by atoms with Crippen LogP contribution in [-0.4, -0.2) is 57.1 Å². The molecule has 0 aliphatic carbocycles. The van der Waals surface area contributed by atoms with Crippen molar-refractivity contribution in [3.8, 4) is 11.5 Å². The molecule has 2 heterocycles. The number of nitrogens with one attached hydrogen (secondary N) is 1. The van der Waals surface area contributed by atoms with E-state index < -0.39 is 23.6 Å². The standard InChI is InChI=1S/C29H36F3N3O3/c1-35(2)26-18-34-25-7-6-19(37-3)15-22(25)21(26)5-4-9-29(10-12-33-13-11-29)27(36)8-14-38-20-16-23(30)28(32)24(31)17-20/h6-7,15-18,27,33,36H,4-5,8-14H2,1-3H3. The SMILES string of the molecule is COc1ccc2ncc(N(C)C)c(CCCC3(C(O)CCOc4cc(F)c(F)c(F)c4)CCNCC3)c2c1. The monoisotopic (exact) mass is 531 g/mol. The number of aromatic nitrogens is 1. The van der Waals surface area contributed by atoms with Crippen molar-refractivity contribution in [1.82, 2.24) is 10.3 Å². The van der Waals surface area contributed by atoms with Gasteiger partial charge in [-0.05, 0) is 74.4 Å². The van der Waals surface area contributed by atoms with Gasteiger partial charge in [-0.2, -0.15) is 0 Å². The Kier molecular flexibility index (Phi) is 8.99. The van der Waals surface area contributed by atoms with Gasteiger partial charge in [0.25, 0.3) is 0 Å². The summed E-state index contributed by atoms with van der Waals surface area (Å²) in [7, 11) is 5.66. The number of piperidine rings is 1. The van der Waals surface area contributed by atoms with Crippen LogP contribution in [0.3, 0.4) is 0 Å². The van der Waals surface area contributed by atoms with Gasteiger partial charge in [-0.25, -0.2) is 13.2 Å². The number of nitrogens with zero attached hydrogens (tertiary/aromatic N) is 2. The molecule has 3 aromatic rings. The zero-order valence-corrected chi connectivity index (χ0v) is 22.2. The van der Waals surface area contributed by atoms with Crippen molar-refractivity contribution in [2.75, 3.05) is 45.8 Å². The normalized spacial score (nSPS) is 15.9. The largest absolute Gasteiger partial charge is 0.497 e. The highest BCUT2D eigenvalue weighted by molar-refractivity contribution is 5.88. The lowest BCUT2D eigenvalue weighted by molar-refractivity contribution is -0.0189. The predicted molar refractivity (Wildman–Crippen MR) is 143 cm³/mol. The number of benzene rings is 2. The van der Waals surface area contributed by atoms with Gasteiger partial charge >= 0.3 is 0 Å². The van der Waals surface area contributed by atoms with E-state index >= 15 is 0 Å². The summed E-state index contributed by atoms with van der Waals surface area (Å²) in [6.45, 7) is 1.69. The van der Waals surface area contributed by atoms with Crippen molar-refractivity contribution in [2.45, 2.75) is 44.6 Å². The maximum Gasteiger partial charge on any atom is 0.194 e. The minimum absolute atomic E-state index is 0.0699. The summed E-state index contributed by atoms with van der Waals surface area (Å²) >= 11 is 0. The van der Waals surface area contributed by atoms with Gasteiger partial charge in [-0.3, -0.25) is 4.98 Å². The molecule has 0 bridgehead atoms. The van der Waals surface area contributed by atoms with Gasteiger partial charge in [0.1, 0.15) is 11.5 Å². The third-order valence-corrected chi connectivity index (χ3v) is 7.67. The lowest BCUT2D eigenvalue weighted by Crippen LogP contribution is -2.45. The molecule has 1 saturated heterocycles. The Bertz CT molecular complexity index is 1230. The van der Waals surface area contributed by atoms with Gasteiger partial charge in [0.05, 0.1) is 37.2 Å². The van der Waals surface area contributed by atoms with Gasteiger partial charge < -0.3 is 24.8 Å². The Labute approximate surface area is 221 Å². The number of aliphatic hydroxyl groups is 1. The van der Waals surface area contributed by atoms with Crippen LogP contribution in [0.5, 0.6) is 11.5 Å². The second-order valence-corrected chi connectivity index (χ2v) is 10.2. The van der Waals surface area contributed by atoms with E-state index in [9.17, 15) is 18.3 Å².